The van der Waals surface area contributed by atoms with Gasteiger partial charge in [-0.05, 0) is 36.2 Å². The minimum Gasteiger partial charge on any atom is -0.392 e. The molecule has 0 amide bonds. The van der Waals surface area contributed by atoms with Gasteiger partial charge in [-0.25, -0.2) is 8.78 Å². The van der Waals surface area contributed by atoms with Crippen LogP contribution < -0.4 is 0 Å². The number of hydrogen-bond donors (Lipinski definition) is 1. The van der Waals surface area contributed by atoms with Crippen molar-refractivity contribution in [2.24, 2.45) is 0 Å². The second-order valence-electron chi connectivity index (χ2n) is 4.51. The van der Waals surface area contributed by atoms with Gasteiger partial charge in [0.2, 0.25) is 0 Å². The highest BCUT2D eigenvalue weighted by Gasteiger charge is 2.14. The summed E-state index contributed by atoms with van der Waals surface area (Å²) >= 11 is 11.7. The molecule has 0 saturated carbocycles. The number of hydrogen-bond acceptors (Lipinski definition) is 1. The highest BCUT2D eigenvalue weighted by Crippen LogP contribution is 2.24. The van der Waals surface area contributed by atoms with E-state index in [-0.39, 0.29) is 18.4 Å². The monoisotopic (exact) mass is 316 g/mol. The van der Waals surface area contributed by atoms with Crippen LogP contribution in [0.4, 0.5) is 8.78 Å². The molecule has 2 aromatic rings. The maximum Gasteiger partial charge on any atom is 0.129 e. The molecule has 0 bridgehead atoms. The molecule has 0 radical (unpaired) electrons. The molecule has 1 nitrogen and oxygen atoms in total. The number of aliphatic hydroxyl groups is 1. The Morgan fingerprint density at radius 2 is 1.60 bits per heavy atom. The lowest BCUT2D eigenvalue weighted by atomic mass is 10.0. The number of aliphatic hydroxyl groups excluding tert-OH is 1. The second kappa shape index (κ2) is 6.53. The Balaban J connectivity index is 2.09. The van der Waals surface area contributed by atoms with E-state index in [1.807, 2.05) is 0 Å². The highest BCUT2D eigenvalue weighted by atomic mass is 35.5. The number of halogens is 4. The molecule has 1 atom stereocenters. The summed E-state index contributed by atoms with van der Waals surface area (Å²) in [6.07, 6.45) is -0.762. The molecule has 1 N–H and O–H groups in total. The summed E-state index contributed by atoms with van der Waals surface area (Å²) in [5, 5.41) is 10.8. The van der Waals surface area contributed by atoms with E-state index in [1.165, 1.54) is 18.2 Å². The van der Waals surface area contributed by atoms with Gasteiger partial charge in [0.15, 0.2) is 0 Å². The van der Waals surface area contributed by atoms with Gasteiger partial charge in [0.05, 0.1) is 16.1 Å². The Hall–Kier alpha value is -1.16. The molecule has 1 unspecified atom stereocenters. The van der Waals surface area contributed by atoms with E-state index in [2.05, 4.69) is 0 Å². The number of benzene rings is 2. The van der Waals surface area contributed by atoms with Crippen LogP contribution >= 0.6 is 23.2 Å². The van der Waals surface area contributed by atoms with Gasteiger partial charge in [-0.15, -0.1) is 0 Å². The fourth-order valence-corrected chi connectivity index (χ4v) is 2.29. The lowest BCUT2D eigenvalue weighted by Gasteiger charge is -2.12. The van der Waals surface area contributed by atoms with E-state index in [0.29, 0.717) is 10.0 Å². The average molecular weight is 317 g/mol. The van der Waals surface area contributed by atoms with Crippen LogP contribution in [-0.2, 0) is 12.8 Å². The van der Waals surface area contributed by atoms with Crippen LogP contribution in [0.2, 0.25) is 10.0 Å². The quantitative estimate of drug-likeness (QED) is 0.885. The Kier molecular flexibility index (Phi) is 4.97. The molecular formula is C15H12Cl2F2O. The first-order valence-electron chi connectivity index (χ1n) is 6.02. The molecule has 5 heteroatoms. The first-order chi connectivity index (χ1) is 9.47. The first-order valence-corrected chi connectivity index (χ1v) is 6.78. The minimum absolute atomic E-state index is 0.0985. The Labute approximate surface area is 125 Å². The SMILES string of the molecule is OC(Cc1ccc(Cl)c(Cl)c1)Cc1c(F)cccc1F. The predicted molar refractivity (Wildman–Crippen MR) is 76.2 cm³/mol. The largest absolute Gasteiger partial charge is 0.392 e. The van der Waals surface area contributed by atoms with E-state index in [0.717, 1.165) is 5.56 Å². The Bertz CT molecular complexity index is 597. The third kappa shape index (κ3) is 3.69. The summed E-state index contributed by atoms with van der Waals surface area (Å²) in [6.45, 7) is 0. The predicted octanol–water partition coefficient (Wildman–Crippen LogP) is 4.42. The van der Waals surface area contributed by atoms with E-state index in [9.17, 15) is 13.9 Å². The van der Waals surface area contributed by atoms with Crippen molar-refractivity contribution >= 4 is 23.2 Å². The summed E-state index contributed by atoms with van der Waals surface area (Å²) < 4.78 is 27.0. The fourth-order valence-electron chi connectivity index (χ4n) is 1.97. The van der Waals surface area contributed by atoms with Crippen molar-refractivity contribution < 1.29 is 13.9 Å². The maximum atomic E-state index is 13.5. The summed E-state index contributed by atoms with van der Waals surface area (Å²) in [7, 11) is 0. The molecule has 0 aliphatic heterocycles. The van der Waals surface area contributed by atoms with Gasteiger partial charge in [0.1, 0.15) is 11.6 Å². The van der Waals surface area contributed by atoms with Gasteiger partial charge in [-0.1, -0.05) is 35.3 Å². The lowest BCUT2D eigenvalue weighted by Crippen LogP contribution is -2.16. The summed E-state index contributed by atoms with van der Waals surface area (Å²) in [6, 6.07) is 8.60. The normalized spacial score (nSPS) is 12.4. The Morgan fingerprint density at radius 3 is 2.20 bits per heavy atom. The third-order valence-corrected chi connectivity index (χ3v) is 3.70. The van der Waals surface area contributed by atoms with Gasteiger partial charge in [0, 0.05) is 12.0 Å². The van der Waals surface area contributed by atoms with Crippen molar-refractivity contribution in [1.82, 2.24) is 0 Å². The van der Waals surface area contributed by atoms with Crippen molar-refractivity contribution in [2.75, 3.05) is 0 Å². The van der Waals surface area contributed by atoms with Crippen molar-refractivity contribution in [3.05, 3.63) is 69.2 Å². The first kappa shape index (κ1) is 15.2. The second-order valence-corrected chi connectivity index (χ2v) is 5.33. The smallest absolute Gasteiger partial charge is 0.129 e. The molecule has 0 heterocycles. The van der Waals surface area contributed by atoms with Crippen LogP contribution in [-0.4, -0.2) is 11.2 Å². The lowest BCUT2D eigenvalue weighted by molar-refractivity contribution is 0.172. The zero-order valence-electron chi connectivity index (χ0n) is 10.4. The summed E-state index contributed by atoms with van der Waals surface area (Å²) in [4.78, 5) is 0. The van der Waals surface area contributed by atoms with Gasteiger partial charge in [-0.2, -0.15) is 0 Å². The van der Waals surface area contributed by atoms with E-state index in [4.69, 9.17) is 23.2 Å². The molecule has 20 heavy (non-hydrogen) atoms. The zero-order chi connectivity index (χ0) is 14.7. The maximum absolute atomic E-state index is 13.5. The van der Waals surface area contributed by atoms with Crippen molar-refractivity contribution in [1.29, 1.82) is 0 Å². The topological polar surface area (TPSA) is 20.2 Å². The van der Waals surface area contributed by atoms with E-state index in [1.54, 1.807) is 18.2 Å². The molecule has 0 spiro atoms. The van der Waals surface area contributed by atoms with Gasteiger partial charge in [-0.3, -0.25) is 0 Å². The molecule has 0 aliphatic carbocycles. The van der Waals surface area contributed by atoms with Gasteiger partial charge >= 0.3 is 0 Å². The van der Waals surface area contributed by atoms with E-state index >= 15 is 0 Å². The van der Waals surface area contributed by atoms with Crippen LogP contribution in [0, 0.1) is 11.6 Å². The molecule has 0 saturated heterocycles. The van der Waals surface area contributed by atoms with Crippen LogP contribution in [0.25, 0.3) is 0 Å². The molecule has 0 aromatic heterocycles. The molecule has 0 aliphatic rings. The Morgan fingerprint density at radius 1 is 0.950 bits per heavy atom. The van der Waals surface area contributed by atoms with Crippen LogP contribution in [0.15, 0.2) is 36.4 Å². The van der Waals surface area contributed by atoms with Gasteiger partial charge in [0.25, 0.3) is 0 Å². The summed E-state index contributed by atoms with van der Waals surface area (Å²) in [5.74, 6) is -1.31. The molecule has 2 aromatic carbocycles. The van der Waals surface area contributed by atoms with E-state index < -0.39 is 17.7 Å². The van der Waals surface area contributed by atoms with Crippen molar-refractivity contribution in [2.45, 2.75) is 18.9 Å². The minimum atomic E-state index is -0.904. The standard InChI is InChI=1S/C15H12Cl2F2O/c16-12-5-4-9(7-13(12)17)6-10(20)8-11-14(18)2-1-3-15(11)19/h1-5,7,10,20H,6,8H2. The van der Waals surface area contributed by atoms with Gasteiger partial charge < -0.3 is 5.11 Å². The fraction of sp³-hybridized carbons (Fsp3) is 0.200. The zero-order valence-corrected chi connectivity index (χ0v) is 11.9. The molecule has 2 rings (SSSR count). The third-order valence-electron chi connectivity index (χ3n) is 2.96. The number of rotatable bonds is 4. The molecule has 0 fully saturated rings. The van der Waals surface area contributed by atoms with Crippen LogP contribution in [0.3, 0.4) is 0 Å². The average Bonchev–Trinajstić information content (AvgIpc) is 2.38. The molecule has 106 valence electrons. The van der Waals surface area contributed by atoms with Crippen LogP contribution in [0.1, 0.15) is 11.1 Å². The summed E-state index contributed by atoms with van der Waals surface area (Å²) in [5.41, 5.74) is 0.642. The van der Waals surface area contributed by atoms with Crippen molar-refractivity contribution in [3.8, 4) is 0 Å². The van der Waals surface area contributed by atoms with Crippen LogP contribution in [0.5, 0.6) is 0 Å². The van der Waals surface area contributed by atoms with Crippen molar-refractivity contribution in [3.63, 3.8) is 0 Å². The highest BCUT2D eigenvalue weighted by molar-refractivity contribution is 6.42. The molecular weight excluding hydrogens is 305 g/mol.